The number of aliphatic imine (C=N–C) groups is 1. The van der Waals surface area contributed by atoms with Gasteiger partial charge in [-0.1, -0.05) is 48.0 Å². The van der Waals surface area contributed by atoms with Gasteiger partial charge in [0.05, 0.1) is 46.9 Å². The summed E-state index contributed by atoms with van der Waals surface area (Å²) in [6, 6.07) is 17.0. The first-order valence-electron chi connectivity index (χ1n) is 22.9. The van der Waals surface area contributed by atoms with E-state index < -0.39 is 54.9 Å². The third-order valence-electron chi connectivity index (χ3n) is 12.8. The van der Waals surface area contributed by atoms with Crippen LogP contribution in [0.5, 0.6) is 11.5 Å². The molecule has 5 heterocycles. The number of nitrogens with one attached hydrogen (secondary N) is 3. The summed E-state index contributed by atoms with van der Waals surface area (Å²) in [5.74, 6) is -1.00. The van der Waals surface area contributed by atoms with Crippen molar-refractivity contribution in [3.63, 3.8) is 0 Å². The lowest BCUT2D eigenvalue weighted by molar-refractivity contribution is -0.139. The highest BCUT2D eigenvalue weighted by molar-refractivity contribution is 7.15. The Morgan fingerprint density at radius 1 is 0.943 bits per heavy atom. The minimum absolute atomic E-state index is 0.0283. The van der Waals surface area contributed by atoms with E-state index in [1.165, 1.54) is 17.0 Å². The number of hydrogen-bond acceptors (Lipinski definition) is 13. The number of benzene rings is 3. The first-order valence-corrected chi connectivity index (χ1v) is 25.0. The molecule has 2 aliphatic heterocycles. The average molecular weight is 1010 g/mol. The maximum atomic E-state index is 14.8. The summed E-state index contributed by atoms with van der Waals surface area (Å²) in [6.45, 7) is 8.77. The van der Waals surface area contributed by atoms with E-state index in [1.807, 2.05) is 73.9 Å². The molecule has 364 valence electrons. The SMILES string of the molecule is Cc1ncsc1-c1ccc([C@H](C)NC(=O)[C@@H]2C[C@@H](O)CN2C(=O)CNC(=O)COc2cc(F)cc(OC3CC(NC(=O)C[C@@H]4N=C(c5ccc(Cl)cc5)c5c(sc(C)c5C)-n5c(C)nnc54)C3)c2)cc1. The van der Waals surface area contributed by atoms with Crippen LogP contribution in [0.3, 0.4) is 0 Å². The smallest absolute Gasteiger partial charge is 0.258 e. The minimum Gasteiger partial charge on any atom is -0.490 e. The van der Waals surface area contributed by atoms with Crippen LogP contribution in [0.4, 0.5) is 4.39 Å². The van der Waals surface area contributed by atoms with Gasteiger partial charge >= 0.3 is 0 Å². The van der Waals surface area contributed by atoms with Gasteiger partial charge in [-0.3, -0.25) is 28.7 Å². The molecule has 4 atom stereocenters. The fraction of sp³-hybridized carbons (Fsp3) is 0.360. The van der Waals surface area contributed by atoms with Crippen molar-refractivity contribution in [2.75, 3.05) is 19.7 Å². The van der Waals surface area contributed by atoms with Crippen molar-refractivity contribution in [3.05, 3.63) is 128 Å². The third-order valence-corrected chi connectivity index (χ3v) is 15.3. The summed E-state index contributed by atoms with van der Waals surface area (Å²) in [4.78, 5) is 66.1. The maximum absolute atomic E-state index is 14.8. The first-order chi connectivity index (χ1) is 33.6. The van der Waals surface area contributed by atoms with Crippen molar-refractivity contribution in [1.82, 2.24) is 40.6 Å². The van der Waals surface area contributed by atoms with Crippen molar-refractivity contribution in [1.29, 1.82) is 0 Å². The van der Waals surface area contributed by atoms with Gasteiger partial charge in [0.2, 0.25) is 17.7 Å². The maximum Gasteiger partial charge on any atom is 0.258 e. The van der Waals surface area contributed by atoms with Gasteiger partial charge in [-0.15, -0.1) is 32.9 Å². The molecule has 20 heteroatoms. The molecule has 70 heavy (non-hydrogen) atoms. The zero-order valence-corrected chi connectivity index (χ0v) is 41.4. The number of carbonyl (C=O) groups excluding carboxylic acids is 4. The van der Waals surface area contributed by atoms with Crippen LogP contribution in [0.15, 0.2) is 77.2 Å². The number of hydrogen-bond donors (Lipinski definition) is 4. The van der Waals surface area contributed by atoms with Crippen LogP contribution in [-0.2, 0) is 19.2 Å². The molecule has 3 aromatic carbocycles. The molecular weight excluding hydrogens is 957 g/mol. The average Bonchev–Trinajstić information content (AvgIpc) is 4.09. The molecule has 2 fully saturated rings. The fourth-order valence-electron chi connectivity index (χ4n) is 8.96. The molecule has 0 radical (unpaired) electrons. The molecule has 4 amide bonds. The lowest BCUT2D eigenvalue weighted by Gasteiger charge is -2.36. The second-order valence-corrected chi connectivity index (χ2v) is 20.3. The third kappa shape index (κ3) is 10.5. The Morgan fingerprint density at radius 3 is 2.40 bits per heavy atom. The van der Waals surface area contributed by atoms with Crippen molar-refractivity contribution in [2.24, 2.45) is 4.99 Å². The number of halogens is 2. The zero-order chi connectivity index (χ0) is 49.4. The molecule has 3 aromatic heterocycles. The van der Waals surface area contributed by atoms with E-state index in [0.717, 1.165) is 60.0 Å². The van der Waals surface area contributed by atoms with E-state index in [0.29, 0.717) is 29.5 Å². The standard InChI is InChI=1S/C50H51ClFN9O7S2/c1-25-28(4)70-50-45(25)46(31-10-12-33(51)13-11-31)57-40(48-59-58-29(5)61(48)50)20-42(63)56-35-16-39(17-35)68-38-15-34(52)14-37(19-38)67-23-43(64)53-21-44(65)60-22-36(62)18-41(60)49(66)55-26(2)30-6-8-32(9-7-30)47-27(3)54-24-69-47/h6-15,19,24,26,35-36,39-41,62H,16-18,20-23H2,1-5H3,(H,53,64)(H,55,66)(H,56,63)/t26-,35?,36+,39?,40-,41-/m0/s1. The van der Waals surface area contributed by atoms with Gasteiger partial charge in [0.25, 0.3) is 5.91 Å². The lowest BCUT2D eigenvalue weighted by Crippen LogP contribution is -2.49. The van der Waals surface area contributed by atoms with E-state index in [4.69, 9.17) is 26.1 Å². The normalized spacial score (nSPS) is 19.7. The predicted octanol–water partition coefficient (Wildman–Crippen LogP) is 6.82. The highest BCUT2D eigenvalue weighted by atomic mass is 35.5. The fourth-order valence-corrected chi connectivity index (χ4v) is 11.1. The molecule has 0 spiro atoms. The number of carbonyl (C=O) groups is 4. The second-order valence-electron chi connectivity index (χ2n) is 17.8. The molecule has 16 nitrogen and oxygen atoms in total. The molecular formula is C50H51ClFN9O7S2. The topological polar surface area (TPSA) is 202 Å². The van der Waals surface area contributed by atoms with Gasteiger partial charge in [0.1, 0.15) is 46.3 Å². The number of nitrogens with zero attached hydrogens (tertiary/aromatic N) is 6. The summed E-state index contributed by atoms with van der Waals surface area (Å²) in [7, 11) is 0. The van der Waals surface area contributed by atoms with Crippen LogP contribution in [0.2, 0.25) is 5.02 Å². The Bertz CT molecular complexity index is 2990. The van der Waals surface area contributed by atoms with Crippen molar-refractivity contribution >= 4 is 63.6 Å². The van der Waals surface area contributed by atoms with E-state index in [-0.39, 0.29) is 55.0 Å². The Morgan fingerprint density at radius 2 is 1.67 bits per heavy atom. The number of aliphatic hydroxyl groups excluding tert-OH is 1. The van der Waals surface area contributed by atoms with Gasteiger partial charge < -0.3 is 35.4 Å². The monoisotopic (exact) mass is 1010 g/mol. The molecule has 1 saturated heterocycles. The second kappa shape index (κ2) is 20.4. The summed E-state index contributed by atoms with van der Waals surface area (Å²) in [5, 5.41) is 29.4. The van der Waals surface area contributed by atoms with E-state index in [2.05, 4.69) is 45.0 Å². The molecule has 9 rings (SSSR count). The van der Waals surface area contributed by atoms with Gasteiger partial charge in [0, 0.05) is 71.1 Å². The van der Waals surface area contributed by atoms with E-state index in [1.54, 1.807) is 28.2 Å². The van der Waals surface area contributed by atoms with Crippen LogP contribution in [0, 0.1) is 33.5 Å². The Balaban J connectivity index is 0.741. The van der Waals surface area contributed by atoms with Gasteiger partial charge in [0.15, 0.2) is 12.4 Å². The molecule has 3 aliphatic rings. The predicted molar refractivity (Wildman–Crippen MR) is 263 cm³/mol. The number of amides is 4. The van der Waals surface area contributed by atoms with Crippen LogP contribution in [0.1, 0.15) is 89.2 Å². The number of rotatable bonds is 15. The van der Waals surface area contributed by atoms with Crippen LogP contribution >= 0.6 is 34.3 Å². The van der Waals surface area contributed by atoms with Crippen LogP contribution in [-0.4, -0.2) is 103 Å². The Kier molecular flexibility index (Phi) is 14.2. The highest BCUT2D eigenvalue weighted by Gasteiger charge is 2.40. The van der Waals surface area contributed by atoms with Crippen LogP contribution < -0.4 is 25.4 Å². The first kappa shape index (κ1) is 48.5. The number of aliphatic hydroxyl groups is 1. The summed E-state index contributed by atoms with van der Waals surface area (Å²) in [5.41, 5.74) is 8.33. The number of aromatic nitrogens is 4. The molecule has 0 unspecified atom stereocenters. The molecule has 4 N–H and O–H groups in total. The van der Waals surface area contributed by atoms with Gasteiger partial charge in [-0.05, 0) is 63.4 Å². The largest absolute Gasteiger partial charge is 0.490 e. The summed E-state index contributed by atoms with van der Waals surface area (Å²) in [6.07, 6.45) is -0.204. The number of thiazole rings is 1. The number of likely N-dealkylation sites (tertiary alicyclic amines) is 1. The number of aryl methyl sites for hydroxylation is 3. The molecule has 1 aliphatic carbocycles. The van der Waals surface area contributed by atoms with Crippen molar-refractivity contribution < 1.29 is 38.1 Å². The number of ether oxygens (including phenoxy) is 2. The number of thiophene rings is 1. The Hall–Kier alpha value is -6.54. The summed E-state index contributed by atoms with van der Waals surface area (Å²) < 4.78 is 28.4. The number of β-amino-alcohol motifs (C(OH)–C–C–N with tert-alkyl or cyclic N) is 1. The summed E-state index contributed by atoms with van der Waals surface area (Å²) >= 11 is 9.44. The molecule has 1 saturated carbocycles. The Labute approximate surface area is 416 Å². The van der Waals surface area contributed by atoms with Gasteiger partial charge in [-0.2, -0.15) is 0 Å². The van der Waals surface area contributed by atoms with E-state index >= 15 is 0 Å². The minimum atomic E-state index is -0.932. The van der Waals surface area contributed by atoms with Crippen LogP contribution in [0.25, 0.3) is 15.4 Å². The van der Waals surface area contributed by atoms with Crippen molar-refractivity contribution in [3.8, 4) is 26.9 Å². The lowest BCUT2D eigenvalue weighted by atomic mass is 9.89. The van der Waals surface area contributed by atoms with E-state index in [9.17, 15) is 28.7 Å². The quantitative estimate of drug-likeness (QED) is 0.0846. The zero-order valence-electron chi connectivity index (χ0n) is 39.0. The van der Waals surface area contributed by atoms with Gasteiger partial charge in [-0.25, -0.2) is 9.37 Å². The molecule has 0 bridgehead atoms. The number of fused-ring (bicyclic) bond motifs is 3. The molecule has 6 aromatic rings. The highest BCUT2D eigenvalue weighted by Crippen LogP contribution is 2.40. The van der Waals surface area contributed by atoms with Crippen molar-refractivity contribution in [2.45, 2.75) is 96.7 Å².